The summed E-state index contributed by atoms with van der Waals surface area (Å²) < 4.78 is 28.8. The highest BCUT2D eigenvalue weighted by molar-refractivity contribution is 5.88. The van der Waals surface area contributed by atoms with Crippen LogP contribution in [0, 0.1) is 34.8 Å². The van der Waals surface area contributed by atoms with Crippen LogP contribution in [0.25, 0.3) is 11.2 Å². The lowest BCUT2D eigenvalue weighted by atomic mass is 9.95. The molecule has 0 bridgehead atoms. The van der Waals surface area contributed by atoms with E-state index in [0.717, 1.165) is 18.6 Å². The van der Waals surface area contributed by atoms with Gasteiger partial charge in [0.2, 0.25) is 5.82 Å². The minimum Gasteiger partial charge on any atom is -0.389 e. The molecule has 40 heavy (non-hydrogen) atoms. The number of benzene rings is 2. The maximum atomic E-state index is 13.7. The minimum absolute atomic E-state index is 0.116. The summed E-state index contributed by atoms with van der Waals surface area (Å²) in [6.07, 6.45) is 0.582. The van der Waals surface area contributed by atoms with Crippen LogP contribution in [0.1, 0.15) is 48.7 Å². The number of aliphatic hydroxyl groups excluding tert-OH is 2. The molecule has 7 atom stereocenters. The highest BCUT2D eigenvalue weighted by Crippen LogP contribution is 2.68. The molecule has 4 aromatic rings. The molecular formula is C30H25F2N5O3. The maximum absolute atomic E-state index is 13.7. The monoisotopic (exact) mass is 541 g/mol. The topological polar surface area (TPSA) is 113 Å². The third-order valence-electron chi connectivity index (χ3n) is 8.65. The fourth-order valence-corrected chi connectivity index (χ4v) is 6.36. The summed E-state index contributed by atoms with van der Waals surface area (Å²) in [4.78, 5) is 26.2. The van der Waals surface area contributed by atoms with Crippen molar-refractivity contribution in [3.05, 3.63) is 83.4 Å². The second-order valence-electron chi connectivity index (χ2n) is 10.9. The third kappa shape index (κ3) is 3.80. The predicted octanol–water partition coefficient (Wildman–Crippen LogP) is 3.34. The van der Waals surface area contributed by atoms with Gasteiger partial charge in [0, 0.05) is 17.5 Å². The Morgan fingerprint density at radius 1 is 1.10 bits per heavy atom. The number of hydrogen-bond acceptors (Lipinski definition) is 7. The number of rotatable bonds is 5. The van der Waals surface area contributed by atoms with Crippen molar-refractivity contribution in [1.29, 1.82) is 0 Å². The summed E-state index contributed by atoms with van der Waals surface area (Å²) in [6.45, 7) is 1.44. The molecule has 10 heteroatoms. The Kier molecular flexibility index (Phi) is 5.53. The largest absolute Gasteiger partial charge is 0.389 e. The molecule has 2 heterocycles. The van der Waals surface area contributed by atoms with Crippen molar-refractivity contribution in [2.75, 3.05) is 5.32 Å². The van der Waals surface area contributed by atoms with E-state index in [1.54, 1.807) is 10.9 Å². The summed E-state index contributed by atoms with van der Waals surface area (Å²) in [5, 5.41) is 25.2. The Morgan fingerprint density at radius 2 is 1.90 bits per heavy atom. The normalized spacial score (nSPS) is 29.9. The van der Waals surface area contributed by atoms with Crippen molar-refractivity contribution in [2.45, 2.75) is 50.0 Å². The van der Waals surface area contributed by atoms with E-state index in [1.807, 2.05) is 18.2 Å². The van der Waals surface area contributed by atoms with Crippen LogP contribution in [0.15, 0.2) is 54.9 Å². The van der Waals surface area contributed by atoms with Crippen LogP contribution >= 0.6 is 0 Å². The Bertz CT molecular complexity index is 1730. The molecular weight excluding hydrogens is 516 g/mol. The molecule has 7 rings (SSSR count). The van der Waals surface area contributed by atoms with E-state index in [-0.39, 0.29) is 29.1 Å². The van der Waals surface area contributed by atoms with Gasteiger partial charge >= 0.3 is 0 Å². The summed E-state index contributed by atoms with van der Waals surface area (Å²) >= 11 is 0. The van der Waals surface area contributed by atoms with Gasteiger partial charge in [-0.05, 0) is 55.4 Å². The zero-order chi connectivity index (χ0) is 27.8. The first-order valence-electron chi connectivity index (χ1n) is 13.2. The highest BCUT2D eigenvalue weighted by atomic mass is 19.2. The number of carbonyl (C=O) groups is 1. The van der Waals surface area contributed by atoms with Gasteiger partial charge in [-0.25, -0.2) is 23.7 Å². The van der Waals surface area contributed by atoms with Crippen molar-refractivity contribution in [1.82, 2.24) is 19.5 Å². The van der Waals surface area contributed by atoms with Gasteiger partial charge in [0.15, 0.2) is 28.6 Å². The number of fused-ring (bicyclic) bond motifs is 2. The Hall–Kier alpha value is -4.20. The molecule has 202 valence electrons. The van der Waals surface area contributed by atoms with E-state index in [0.29, 0.717) is 29.3 Å². The molecule has 2 aromatic heterocycles. The lowest BCUT2D eigenvalue weighted by Crippen LogP contribution is -2.36. The highest BCUT2D eigenvalue weighted by Gasteiger charge is 2.74. The first kappa shape index (κ1) is 24.8. The molecule has 3 aliphatic carbocycles. The lowest BCUT2D eigenvalue weighted by molar-refractivity contribution is -0.128. The van der Waals surface area contributed by atoms with Crippen LogP contribution in [0.3, 0.4) is 0 Å². The molecule has 0 radical (unpaired) electrons. The number of Topliss-reactive ketones (excluding diaryl/α,β-unsaturated/α-hetero) is 1. The summed E-state index contributed by atoms with van der Waals surface area (Å²) in [6, 6.07) is 13.0. The number of nitrogens with one attached hydrogen (secondary N) is 1. The van der Waals surface area contributed by atoms with Crippen molar-refractivity contribution in [3.8, 4) is 11.8 Å². The molecule has 3 N–H and O–H groups in total. The summed E-state index contributed by atoms with van der Waals surface area (Å²) in [5.74, 6) is 4.16. The predicted molar refractivity (Wildman–Crippen MR) is 141 cm³/mol. The standard InChI is InChI=1S/C30H25F2N5O3/c1-15(38)30-13-19(30)25(26(39)27(30)40)37-14-33-24-28(34-22-12-18(22)17-5-3-2-4-6-17)35-23(36-29(24)37)10-8-16-7-9-20(31)21(32)11-16/h2-7,9,11,14,18-19,22,25-27,39-40H,12-13H2,1H3,(H,34,35,36)/t18?,19?,22?,25-,26+,27?,30+/m1/s1. The maximum Gasteiger partial charge on any atom is 0.209 e. The van der Waals surface area contributed by atoms with Gasteiger partial charge in [-0.15, -0.1) is 0 Å². The zero-order valence-corrected chi connectivity index (χ0v) is 21.4. The Morgan fingerprint density at radius 3 is 2.62 bits per heavy atom. The second-order valence-corrected chi connectivity index (χ2v) is 10.9. The molecule has 3 aliphatic rings. The molecule has 0 amide bonds. The van der Waals surface area contributed by atoms with Gasteiger partial charge in [-0.3, -0.25) is 4.79 Å². The van der Waals surface area contributed by atoms with Crippen LogP contribution in [-0.2, 0) is 4.79 Å². The molecule has 2 aromatic carbocycles. The molecule has 4 unspecified atom stereocenters. The first-order valence-corrected chi connectivity index (χ1v) is 13.2. The molecule has 0 spiro atoms. The van der Waals surface area contributed by atoms with Crippen molar-refractivity contribution >= 4 is 22.8 Å². The Labute approximate surface area is 228 Å². The molecule has 3 fully saturated rings. The van der Waals surface area contributed by atoms with Crippen molar-refractivity contribution < 1.29 is 23.8 Å². The van der Waals surface area contributed by atoms with Crippen LogP contribution in [0.4, 0.5) is 14.6 Å². The SMILES string of the molecule is CC(=O)[C@@]12CC1[C@@H](n1cnc3c(NC4CC4c4ccccc4)nc(C#Cc4ccc(F)c(F)c4)nc31)[C@H](O)C2O. The third-order valence-corrected chi connectivity index (χ3v) is 8.65. The zero-order valence-electron chi connectivity index (χ0n) is 21.4. The van der Waals surface area contributed by atoms with Crippen LogP contribution in [0.5, 0.6) is 0 Å². The number of aliphatic hydroxyl groups is 2. The fraction of sp³-hybridized carbons (Fsp3) is 0.333. The molecule has 8 nitrogen and oxygen atoms in total. The van der Waals surface area contributed by atoms with Crippen LogP contribution in [-0.4, -0.2) is 53.8 Å². The van der Waals surface area contributed by atoms with E-state index in [1.165, 1.54) is 18.6 Å². The van der Waals surface area contributed by atoms with Gasteiger partial charge in [-0.1, -0.05) is 36.3 Å². The minimum atomic E-state index is -1.18. The van der Waals surface area contributed by atoms with E-state index in [9.17, 15) is 23.8 Å². The number of carbonyl (C=O) groups excluding carboxylic acids is 1. The number of aromatic nitrogens is 4. The molecule has 0 aliphatic heterocycles. The smallest absolute Gasteiger partial charge is 0.209 e. The summed E-state index contributed by atoms with van der Waals surface area (Å²) in [5.41, 5.74) is 1.38. The van der Waals surface area contributed by atoms with Crippen LogP contribution < -0.4 is 5.32 Å². The number of ketones is 1. The molecule has 0 saturated heterocycles. The van der Waals surface area contributed by atoms with Gasteiger partial charge in [-0.2, -0.15) is 0 Å². The number of hydrogen-bond donors (Lipinski definition) is 3. The van der Waals surface area contributed by atoms with Crippen molar-refractivity contribution in [3.63, 3.8) is 0 Å². The number of nitrogens with zero attached hydrogens (tertiary/aromatic N) is 4. The van der Waals surface area contributed by atoms with Gasteiger partial charge in [0.1, 0.15) is 11.9 Å². The average molecular weight is 542 g/mol. The summed E-state index contributed by atoms with van der Waals surface area (Å²) in [7, 11) is 0. The fourth-order valence-electron chi connectivity index (χ4n) is 6.36. The first-order chi connectivity index (χ1) is 19.3. The molecule has 3 saturated carbocycles. The quantitative estimate of drug-likeness (QED) is 0.332. The Balaban J connectivity index is 1.28. The van der Waals surface area contributed by atoms with E-state index in [2.05, 4.69) is 44.2 Å². The van der Waals surface area contributed by atoms with E-state index in [4.69, 9.17) is 0 Å². The van der Waals surface area contributed by atoms with Gasteiger partial charge < -0.3 is 20.1 Å². The number of anilines is 1. The lowest BCUT2D eigenvalue weighted by Gasteiger charge is -2.23. The number of halogens is 2. The second kappa shape index (κ2) is 8.91. The van der Waals surface area contributed by atoms with Crippen LogP contribution in [0.2, 0.25) is 0 Å². The van der Waals surface area contributed by atoms with Gasteiger partial charge in [0.05, 0.1) is 23.9 Å². The van der Waals surface area contributed by atoms with Gasteiger partial charge in [0.25, 0.3) is 0 Å². The number of imidazole rings is 1. The van der Waals surface area contributed by atoms with E-state index < -0.39 is 35.3 Å². The average Bonchev–Trinajstić information content (AvgIpc) is 3.83. The van der Waals surface area contributed by atoms with E-state index >= 15 is 0 Å². The van der Waals surface area contributed by atoms with Crippen molar-refractivity contribution in [2.24, 2.45) is 11.3 Å².